The highest BCUT2D eigenvalue weighted by atomic mass is 16.5. The number of amides is 1. The first-order valence-corrected chi connectivity index (χ1v) is 9.40. The van der Waals surface area contributed by atoms with Crippen LogP contribution in [-0.2, 0) is 12.8 Å². The van der Waals surface area contributed by atoms with Crippen LogP contribution >= 0.6 is 0 Å². The van der Waals surface area contributed by atoms with E-state index in [1.807, 2.05) is 6.07 Å². The highest BCUT2D eigenvalue weighted by Gasteiger charge is 2.28. The zero-order chi connectivity index (χ0) is 18.6. The van der Waals surface area contributed by atoms with Crippen molar-refractivity contribution in [1.82, 2.24) is 20.4 Å². The maximum absolute atomic E-state index is 12.6. The van der Waals surface area contributed by atoms with Gasteiger partial charge in [-0.1, -0.05) is 5.16 Å². The third-order valence-corrected chi connectivity index (χ3v) is 5.22. The van der Waals surface area contributed by atoms with Gasteiger partial charge in [0.2, 0.25) is 5.69 Å². The summed E-state index contributed by atoms with van der Waals surface area (Å²) in [6.07, 6.45) is 10.0. The number of hydrogen-bond acceptors (Lipinski definition) is 7. The first-order valence-electron chi connectivity index (χ1n) is 9.40. The van der Waals surface area contributed by atoms with E-state index in [4.69, 9.17) is 14.5 Å². The maximum atomic E-state index is 12.6. The van der Waals surface area contributed by atoms with E-state index in [0.29, 0.717) is 5.69 Å². The number of nitrogens with one attached hydrogen (secondary N) is 1. The number of aryl methyl sites for hydroxylation is 1. The van der Waals surface area contributed by atoms with Gasteiger partial charge in [0.05, 0.1) is 0 Å². The Morgan fingerprint density at radius 1 is 1.19 bits per heavy atom. The molecule has 8 nitrogen and oxygen atoms in total. The Hall–Kier alpha value is -2.95. The summed E-state index contributed by atoms with van der Waals surface area (Å²) in [7, 11) is 0. The zero-order valence-corrected chi connectivity index (χ0v) is 15.0. The Labute approximate surface area is 156 Å². The van der Waals surface area contributed by atoms with E-state index in [9.17, 15) is 4.79 Å². The molecule has 2 aromatic heterocycles. The number of hydrogen-bond donors (Lipinski definition) is 1. The Morgan fingerprint density at radius 3 is 2.78 bits per heavy atom. The highest BCUT2D eigenvalue weighted by molar-refractivity contribution is 5.94. The third kappa shape index (κ3) is 3.77. The molecule has 27 heavy (non-hydrogen) atoms. The van der Waals surface area contributed by atoms with Gasteiger partial charge in [-0.3, -0.25) is 4.79 Å². The summed E-state index contributed by atoms with van der Waals surface area (Å²) in [6, 6.07) is 2.08. The number of nitrogens with zero attached hydrogens (tertiary/aromatic N) is 4. The van der Waals surface area contributed by atoms with Crippen LogP contribution in [0.15, 0.2) is 16.9 Å². The summed E-state index contributed by atoms with van der Waals surface area (Å²) in [6.45, 7) is 0. The Balaban J connectivity index is 1.31. The summed E-state index contributed by atoms with van der Waals surface area (Å²) >= 11 is 0. The minimum absolute atomic E-state index is 0.0261. The molecule has 0 atom stereocenters. The van der Waals surface area contributed by atoms with E-state index in [0.717, 1.165) is 62.7 Å². The lowest BCUT2D eigenvalue weighted by atomic mass is 9.92. The minimum Gasteiger partial charge on any atom is -0.472 e. The molecule has 8 heteroatoms. The van der Waals surface area contributed by atoms with Crippen molar-refractivity contribution in [3.63, 3.8) is 0 Å². The van der Waals surface area contributed by atoms with E-state index >= 15 is 0 Å². The topological polar surface area (TPSA) is 114 Å². The standard InChI is InChI=1S/C19H21N5O3/c20-11-15-19(22-10-9-21-15)26-13-7-5-12(6-8-13)23-18(25)17-14-3-1-2-4-16(14)27-24-17/h9-10,12-13H,1-8H2,(H,23,25). The van der Waals surface area contributed by atoms with Gasteiger partial charge in [-0.2, -0.15) is 5.26 Å². The van der Waals surface area contributed by atoms with Gasteiger partial charge >= 0.3 is 0 Å². The average molecular weight is 367 g/mol. The minimum atomic E-state index is -0.146. The van der Waals surface area contributed by atoms with Crippen molar-refractivity contribution in [2.24, 2.45) is 0 Å². The molecule has 2 aromatic rings. The second kappa shape index (κ2) is 7.74. The number of fused-ring (bicyclic) bond motifs is 1. The molecule has 0 radical (unpaired) electrons. The lowest BCUT2D eigenvalue weighted by Crippen LogP contribution is -2.40. The van der Waals surface area contributed by atoms with E-state index in [2.05, 4.69) is 20.4 Å². The molecule has 0 aliphatic heterocycles. The van der Waals surface area contributed by atoms with Crippen molar-refractivity contribution >= 4 is 5.91 Å². The molecule has 0 aromatic carbocycles. The molecule has 2 aliphatic carbocycles. The van der Waals surface area contributed by atoms with Crippen LogP contribution in [0.4, 0.5) is 0 Å². The Morgan fingerprint density at radius 2 is 1.96 bits per heavy atom. The molecular weight excluding hydrogens is 346 g/mol. The van der Waals surface area contributed by atoms with Crippen LogP contribution in [0.3, 0.4) is 0 Å². The van der Waals surface area contributed by atoms with E-state index < -0.39 is 0 Å². The van der Waals surface area contributed by atoms with Crippen molar-refractivity contribution in [2.75, 3.05) is 0 Å². The smallest absolute Gasteiger partial charge is 0.273 e. The van der Waals surface area contributed by atoms with E-state index in [1.54, 1.807) is 0 Å². The number of rotatable bonds is 4. The van der Waals surface area contributed by atoms with Crippen molar-refractivity contribution in [3.8, 4) is 11.9 Å². The fraction of sp³-hybridized carbons (Fsp3) is 0.526. The molecule has 1 amide bonds. The van der Waals surface area contributed by atoms with Crippen LogP contribution in [0, 0.1) is 11.3 Å². The largest absolute Gasteiger partial charge is 0.472 e. The number of carbonyl (C=O) groups excluding carboxylic acids is 1. The lowest BCUT2D eigenvalue weighted by Gasteiger charge is -2.29. The van der Waals surface area contributed by atoms with Gasteiger partial charge in [0.15, 0.2) is 5.69 Å². The van der Waals surface area contributed by atoms with Crippen LogP contribution in [0.5, 0.6) is 5.88 Å². The highest BCUT2D eigenvalue weighted by Crippen LogP contribution is 2.26. The number of carbonyl (C=O) groups is 1. The normalized spacial score (nSPS) is 21.7. The van der Waals surface area contributed by atoms with Crippen LogP contribution in [0.2, 0.25) is 0 Å². The Kier molecular flexibility index (Phi) is 5.01. The van der Waals surface area contributed by atoms with E-state index in [1.165, 1.54) is 12.4 Å². The van der Waals surface area contributed by atoms with Crippen LogP contribution in [-0.4, -0.2) is 33.2 Å². The first kappa shape index (κ1) is 17.5. The number of nitriles is 1. The molecule has 1 saturated carbocycles. The van der Waals surface area contributed by atoms with E-state index in [-0.39, 0.29) is 29.6 Å². The molecule has 2 aliphatic rings. The summed E-state index contributed by atoms with van der Waals surface area (Å²) in [5.41, 5.74) is 1.62. The second-order valence-corrected chi connectivity index (χ2v) is 7.03. The molecule has 140 valence electrons. The summed E-state index contributed by atoms with van der Waals surface area (Å²) in [5.74, 6) is 0.995. The molecule has 0 saturated heterocycles. The van der Waals surface area contributed by atoms with Gasteiger partial charge in [0.25, 0.3) is 11.8 Å². The summed E-state index contributed by atoms with van der Waals surface area (Å²) in [4.78, 5) is 20.6. The molecule has 1 N–H and O–H groups in total. The number of aromatic nitrogens is 3. The maximum Gasteiger partial charge on any atom is 0.273 e. The van der Waals surface area contributed by atoms with Crippen molar-refractivity contribution in [1.29, 1.82) is 5.26 Å². The summed E-state index contributed by atoms with van der Waals surface area (Å²) in [5, 5.41) is 16.1. The van der Waals surface area contributed by atoms with Crippen LogP contribution in [0.25, 0.3) is 0 Å². The van der Waals surface area contributed by atoms with Gasteiger partial charge in [0.1, 0.15) is 17.9 Å². The quantitative estimate of drug-likeness (QED) is 0.882. The van der Waals surface area contributed by atoms with Gasteiger partial charge in [-0.15, -0.1) is 0 Å². The number of ether oxygens (including phenoxy) is 1. The van der Waals surface area contributed by atoms with Crippen LogP contribution in [0.1, 0.15) is 66.0 Å². The third-order valence-electron chi connectivity index (χ3n) is 5.22. The molecule has 0 spiro atoms. The van der Waals surface area contributed by atoms with Crippen LogP contribution < -0.4 is 10.1 Å². The predicted octanol–water partition coefficient (Wildman–Crippen LogP) is 2.34. The summed E-state index contributed by atoms with van der Waals surface area (Å²) < 4.78 is 11.2. The SMILES string of the molecule is N#Cc1nccnc1OC1CCC(NC(=O)c2noc3c2CCCC3)CC1. The van der Waals surface area contributed by atoms with Gasteiger partial charge < -0.3 is 14.6 Å². The van der Waals surface area contributed by atoms with Crippen molar-refractivity contribution < 1.29 is 14.1 Å². The fourth-order valence-corrected chi connectivity index (χ4v) is 3.79. The molecule has 0 unspecified atom stereocenters. The molecule has 0 bridgehead atoms. The van der Waals surface area contributed by atoms with Crippen molar-refractivity contribution in [2.45, 2.75) is 63.5 Å². The molecule has 2 heterocycles. The second-order valence-electron chi connectivity index (χ2n) is 7.03. The Bertz CT molecular complexity index is 864. The fourth-order valence-electron chi connectivity index (χ4n) is 3.79. The first-order chi connectivity index (χ1) is 13.2. The molecular formula is C19H21N5O3. The average Bonchev–Trinajstić information content (AvgIpc) is 3.14. The predicted molar refractivity (Wildman–Crippen MR) is 94.0 cm³/mol. The molecule has 4 rings (SSSR count). The van der Waals surface area contributed by atoms with Gasteiger partial charge in [0, 0.05) is 30.4 Å². The molecule has 1 fully saturated rings. The lowest BCUT2D eigenvalue weighted by molar-refractivity contribution is 0.0880. The van der Waals surface area contributed by atoms with Gasteiger partial charge in [-0.25, -0.2) is 9.97 Å². The monoisotopic (exact) mass is 367 g/mol. The van der Waals surface area contributed by atoms with Crippen molar-refractivity contribution in [3.05, 3.63) is 35.1 Å². The van der Waals surface area contributed by atoms with Gasteiger partial charge in [-0.05, 0) is 44.9 Å². The zero-order valence-electron chi connectivity index (χ0n) is 15.0.